The molecule has 1 aliphatic rings. The Morgan fingerprint density at radius 3 is 2.92 bits per heavy atom. The third-order valence-electron chi connectivity index (χ3n) is 1.51. The van der Waals surface area contributed by atoms with Gasteiger partial charge in [-0.15, -0.1) is 0 Å². The fraction of sp³-hybridized carbons (Fsp3) is 0.500. The van der Waals surface area contributed by atoms with E-state index in [0.717, 1.165) is 16.7 Å². The second kappa shape index (κ2) is 4.13. The molecule has 1 aliphatic heterocycles. The van der Waals surface area contributed by atoms with Gasteiger partial charge in [-0.25, -0.2) is 4.79 Å². The summed E-state index contributed by atoms with van der Waals surface area (Å²) < 4.78 is 0. The number of imide groups is 1. The highest BCUT2D eigenvalue weighted by Crippen LogP contribution is 2.04. The van der Waals surface area contributed by atoms with E-state index in [0.29, 0.717) is 13.1 Å². The average molecular weight is 202 g/mol. The van der Waals surface area contributed by atoms with E-state index in [1.165, 1.54) is 0 Å². The summed E-state index contributed by atoms with van der Waals surface area (Å²) in [6.45, 7) is 0.894. The van der Waals surface area contributed by atoms with E-state index >= 15 is 0 Å². The van der Waals surface area contributed by atoms with Crippen LogP contribution in [0.25, 0.3) is 0 Å². The Bertz CT molecular complexity index is 255. The van der Waals surface area contributed by atoms with Crippen LogP contribution in [-0.4, -0.2) is 40.8 Å². The van der Waals surface area contributed by atoms with Crippen molar-refractivity contribution in [1.82, 2.24) is 10.2 Å². The van der Waals surface area contributed by atoms with E-state index in [2.05, 4.69) is 5.32 Å². The van der Waals surface area contributed by atoms with Gasteiger partial charge in [0.25, 0.3) is 0 Å². The molecule has 1 fully saturated rings. The highest BCUT2D eigenvalue weighted by atomic mass is 32.2. The summed E-state index contributed by atoms with van der Waals surface area (Å²) in [5, 5.41) is 9.27. The monoisotopic (exact) mass is 202 g/mol. The van der Waals surface area contributed by atoms with Crippen LogP contribution in [0.2, 0.25) is 0 Å². The SMILES string of the molecule is N=C(N)SCC(=O)N1CCNC1=O. The molecule has 0 atom stereocenters. The number of nitrogens with zero attached hydrogens (tertiary/aromatic N) is 1. The number of carbonyl (C=O) groups excluding carboxylic acids is 2. The van der Waals surface area contributed by atoms with E-state index in [-0.39, 0.29) is 22.9 Å². The van der Waals surface area contributed by atoms with Gasteiger partial charge in [0.2, 0.25) is 5.91 Å². The van der Waals surface area contributed by atoms with Gasteiger partial charge in [-0.05, 0) is 0 Å². The Labute approximate surface area is 79.3 Å². The largest absolute Gasteiger partial charge is 0.379 e. The molecule has 0 aliphatic carbocycles. The number of urea groups is 1. The van der Waals surface area contributed by atoms with Gasteiger partial charge in [-0.2, -0.15) is 0 Å². The van der Waals surface area contributed by atoms with Crippen molar-refractivity contribution in [2.45, 2.75) is 0 Å². The Balaban J connectivity index is 2.39. The molecule has 0 saturated carbocycles. The minimum Gasteiger partial charge on any atom is -0.379 e. The van der Waals surface area contributed by atoms with E-state index in [1.807, 2.05) is 0 Å². The van der Waals surface area contributed by atoms with Crippen LogP contribution in [0.5, 0.6) is 0 Å². The summed E-state index contributed by atoms with van der Waals surface area (Å²) >= 11 is 0.918. The van der Waals surface area contributed by atoms with Gasteiger partial charge in [-0.3, -0.25) is 15.1 Å². The van der Waals surface area contributed by atoms with Gasteiger partial charge in [0.05, 0.1) is 5.75 Å². The van der Waals surface area contributed by atoms with Crippen LogP contribution in [0.4, 0.5) is 4.79 Å². The molecule has 7 heteroatoms. The third kappa shape index (κ3) is 2.62. The van der Waals surface area contributed by atoms with Crippen molar-refractivity contribution in [3.05, 3.63) is 0 Å². The van der Waals surface area contributed by atoms with E-state index in [4.69, 9.17) is 11.1 Å². The highest BCUT2D eigenvalue weighted by molar-refractivity contribution is 8.14. The fourth-order valence-corrected chi connectivity index (χ4v) is 1.36. The smallest absolute Gasteiger partial charge is 0.324 e. The van der Waals surface area contributed by atoms with Crippen LogP contribution in [0.1, 0.15) is 0 Å². The second-order valence-corrected chi connectivity index (χ2v) is 3.45. The predicted octanol–water partition coefficient (Wildman–Crippen LogP) is -0.835. The van der Waals surface area contributed by atoms with Crippen molar-refractivity contribution in [3.63, 3.8) is 0 Å². The normalized spacial score (nSPS) is 15.7. The first kappa shape index (κ1) is 9.85. The van der Waals surface area contributed by atoms with Crippen LogP contribution in [0, 0.1) is 5.41 Å². The van der Waals surface area contributed by atoms with Crippen molar-refractivity contribution in [2.75, 3.05) is 18.8 Å². The van der Waals surface area contributed by atoms with Crippen LogP contribution >= 0.6 is 11.8 Å². The zero-order valence-corrected chi connectivity index (χ0v) is 7.69. The number of nitrogens with two attached hydrogens (primary N) is 1. The average Bonchev–Trinajstić information content (AvgIpc) is 2.47. The van der Waals surface area contributed by atoms with Crippen molar-refractivity contribution in [3.8, 4) is 0 Å². The first-order chi connectivity index (χ1) is 6.11. The Kier molecular flexibility index (Phi) is 3.13. The second-order valence-electron chi connectivity index (χ2n) is 2.43. The van der Waals surface area contributed by atoms with Crippen LogP contribution < -0.4 is 11.1 Å². The van der Waals surface area contributed by atoms with Crippen molar-refractivity contribution in [1.29, 1.82) is 5.41 Å². The van der Waals surface area contributed by atoms with Crippen molar-refractivity contribution < 1.29 is 9.59 Å². The van der Waals surface area contributed by atoms with Gasteiger partial charge in [0, 0.05) is 13.1 Å². The molecule has 72 valence electrons. The van der Waals surface area contributed by atoms with E-state index < -0.39 is 0 Å². The van der Waals surface area contributed by atoms with Gasteiger partial charge in [0.15, 0.2) is 5.17 Å². The molecule has 1 heterocycles. The van der Waals surface area contributed by atoms with E-state index in [9.17, 15) is 9.59 Å². The number of amides is 3. The third-order valence-corrected chi connectivity index (χ3v) is 2.21. The van der Waals surface area contributed by atoms with Crippen LogP contribution in [-0.2, 0) is 4.79 Å². The number of amidine groups is 1. The van der Waals surface area contributed by atoms with Gasteiger partial charge < -0.3 is 11.1 Å². The van der Waals surface area contributed by atoms with Crippen LogP contribution in [0.3, 0.4) is 0 Å². The maximum Gasteiger partial charge on any atom is 0.324 e. The van der Waals surface area contributed by atoms with Crippen molar-refractivity contribution >= 4 is 28.9 Å². The summed E-state index contributed by atoms with van der Waals surface area (Å²) in [4.78, 5) is 23.3. The molecule has 13 heavy (non-hydrogen) atoms. The topological polar surface area (TPSA) is 99.3 Å². The molecule has 1 rings (SSSR count). The Morgan fingerprint density at radius 1 is 1.77 bits per heavy atom. The Hall–Kier alpha value is -1.24. The van der Waals surface area contributed by atoms with Gasteiger partial charge in [0.1, 0.15) is 0 Å². The lowest BCUT2D eigenvalue weighted by Crippen LogP contribution is -2.35. The lowest BCUT2D eigenvalue weighted by Gasteiger charge is -2.10. The lowest BCUT2D eigenvalue weighted by molar-refractivity contribution is -0.124. The number of hydrogen-bond donors (Lipinski definition) is 3. The molecule has 0 spiro atoms. The standard InChI is InChI=1S/C6H10N4O2S/c7-5(8)13-3-4(11)10-2-1-9-6(10)12/h1-3H2,(H3,7,8)(H,9,12). The van der Waals surface area contributed by atoms with E-state index in [1.54, 1.807) is 0 Å². The Morgan fingerprint density at radius 2 is 2.46 bits per heavy atom. The molecular weight excluding hydrogens is 192 g/mol. The number of nitrogens with one attached hydrogen (secondary N) is 2. The number of thioether (sulfide) groups is 1. The van der Waals surface area contributed by atoms with Crippen molar-refractivity contribution in [2.24, 2.45) is 5.73 Å². The highest BCUT2D eigenvalue weighted by Gasteiger charge is 2.25. The summed E-state index contributed by atoms with van der Waals surface area (Å²) in [6.07, 6.45) is 0. The first-order valence-corrected chi connectivity index (χ1v) is 4.65. The molecule has 4 N–H and O–H groups in total. The van der Waals surface area contributed by atoms with Gasteiger partial charge in [-0.1, -0.05) is 11.8 Å². The molecule has 0 radical (unpaired) electrons. The summed E-state index contributed by atoms with van der Waals surface area (Å²) in [5.74, 6) is -0.266. The molecular formula is C6H10N4O2S. The fourth-order valence-electron chi connectivity index (χ4n) is 0.927. The lowest BCUT2D eigenvalue weighted by atomic mass is 10.5. The molecule has 0 aromatic heterocycles. The first-order valence-electron chi connectivity index (χ1n) is 3.66. The predicted molar refractivity (Wildman–Crippen MR) is 49.5 cm³/mol. The van der Waals surface area contributed by atoms with Crippen LogP contribution in [0.15, 0.2) is 0 Å². The maximum atomic E-state index is 11.3. The molecule has 1 saturated heterocycles. The zero-order valence-electron chi connectivity index (χ0n) is 6.87. The maximum absolute atomic E-state index is 11.3. The number of hydrogen-bond acceptors (Lipinski definition) is 4. The summed E-state index contributed by atoms with van der Waals surface area (Å²) in [7, 11) is 0. The zero-order chi connectivity index (χ0) is 9.84. The number of rotatable bonds is 2. The summed E-state index contributed by atoms with van der Waals surface area (Å²) in [6, 6.07) is -0.367. The molecule has 0 aromatic rings. The molecule has 0 unspecified atom stereocenters. The molecule has 3 amide bonds. The molecule has 0 bridgehead atoms. The number of carbonyl (C=O) groups is 2. The minimum atomic E-state index is -0.367. The minimum absolute atomic E-state index is 0.0444. The molecule has 6 nitrogen and oxygen atoms in total. The molecule has 0 aromatic carbocycles. The summed E-state index contributed by atoms with van der Waals surface area (Å²) in [5.41, 5.74) is 5.05. The quantitative estimate of drug-likeness (QED) is 0.402. The van der Waals surface area contributed by atoms with Gasteiger partial charge >= 0.3 is 6.03 Å².